The molecular weight excluding hydrogens is 449 g/mol. The summed E-state index contributed by atoms with van der Waals surface area (Å²) in [5.74, 6) is -0.148. The van der Waals surface area contributed by atoms with Gasteiger partial charge in [0, 0.05) is 17.1 Å². The molecule has 0 unspecified atom stereocenters. The van der Waals surface area contributed by atoms with Crippen molar-refractivity contribution in [2.75, 3.05) is 12.4 Å². The molecule has 0 bridgehead atoms. The number of halogens is 3. The van der Waals surface area contributed by atoms with E-state index in [1.165, 1.54) is 25.3 Å². The fraction of sp³-hybridized carbons (Fsp3) is 0.136. The molecule has 3 aromatic carbocycles. The molecule has 3 rings (SSSR count). The Morgan fingerprint density at radius 1 is 1.00 bits per heavy atom. The Labute approximate surface area is 189 Å². The number of hydrogen-bond acceptors (Lipinski definition) is 4. The quantitative estimate of drug-likeness (QED) is 0.394. The molecule has 0 fully saturated rings. The summed E-state index contributed by atoms with van der Waals surface area (Å²) < 4.78 is 11.3. The van der Waals surface area contributed by atoms with E-state index in [0.717, 1.165) is 11.1 Å². The SMILES string of the molecule is COc1cc(CNc2cc(C(=O)O)ccc2Cl)cc(Cl)c1OCc1ccccc1Cl. The maximum atomic E-state index is 11.2. The van der Waals surface area contributed by atoms with Gasteiger partial charge in [0.15, 0.2) is 11.5 Å². The van der Waals surface area contributed by atoms with Gasteiger partial charge < -0.3 is 19.9 Å². The predicted molar refractivity (Wildman–Crippen MR) is 120 cm³/mol. The van der Waals surface area contributed by atoms with Gasteiger partial charge in [0.1, 0.15) is 6.61 Å². The molecule has 0 radical (unpaired) electrons. The molecule has 0 spiro atoms. The molecule has 0 aliphatic rings. The molecular formula is C22H18Cl3NO4. The molecule has 0 amide bonds. The second-order valence-corrected chi connectivity index (χ2v) is 7.56. The Morgan fingerprint density at radius 3 is 2.47 bits per heavy atom. The Bertz CT molecular complexity index is 1070. The van der Waals surface area contributed by atoms with Crippen LogP contribution in [-0.4, -0.2) is 18.2 Å². The number of aromatic carboxylic acids is 1. The Kier molecular flexibility index (Phi) is 7.32. The van der Waals surface area contributed by atoms with Crippen LogP contribution in [0.5, 0.6) is 11.5 Å². The van der Waals surface area contributed by atoms with Gasteiger partial charge in [0.2, 0.25) is 0 Å². The highest BCUT2D eigenvalue weighted by Gasteiger charge is 2.14. The third kappa shape index (κ3) is 5.30. The minimum atomic E-state index is -1.03. The van der Waals surface area contributed by atoms with Crippen LogP contribution in [-0.2, 0) is 13.2 Å². The summed E-state index contributed by atoms with van der Waals surface area (Å²) in [5, 5.41) is 13.7. The van der Waals surface area contributed by atoms with Crippen LogP contribution >= 0.6 is 34.8 Å². The first-order valence-corrected chi connectivity index (χ1v) is 10.0. The van der Waals surface area contributed by atoms with Gasteiger partial charge >= 0.3 is 5.97 Å². The number of carboxylic acid groups (broad SMARTS) is 1. The first kappa shape index (κ1) is 22.1. The molecule has 0 atom stereocenters. The topological polar surface area (TPSA) is 67.8 Å². The number of anilines is 1. The molecule has 0 heterocycles. The summed E-state index contributed by atoms with van der Waals surface area (Å²) in [5.41, 5.74) is 2.28. The lowest BCUT2D eigenvalue weighted by atomic mass is 10.1. The summed E-state index contributed by atoms with van der Waals surface area (Å²) in [6.45, 7) is 0.592. The maximum absolute atomic E-state index is 11.2. The van der Waals surface area contributed by atoms with Crippen molar-refractivity contribution >= 4 is 46.5 Å². The van der Waals surface area contributed by atoms with E-state index in [2.05, 4.69) is 5.32 Å². The highest BCUT2D eigenvalue weighted by atomic mass is 35.5. The molecule has 2 N–H and O–H groups in total. The van der Waals surface area contributed by atoms with E-state index in [0.29, 0.717) is 38.8 Å². The first-order chi connectivity index (χ1) is 14.4. The van der Waals surface area contributed by atoms with Crippen molar-refractivity contribution in [2.24, 2.45) is 0 Å². The average molecular weight is 467 g/mol. The van der Waals surface area contributed by atoms with Crippen molar-refractivity contribution in [1.29, 1.82) is 0 Å². The first-order valence-electron chi connectivity index (χ1n) is 8.88. The summed E-state index contributed by atoms with van der Waals surface area (Å²) in [7, 11) is 1.53. The number of rotatable bonds is 8. The van der Waals surface area contributed by atoms with Crippen molar-refractivity contribution in [2.45, 2.75) is 13.2 Å². The van der Waals surface area contributed by atoms with E-state index in [1.807, 2.05) is 18.2 Å². The molecule has 8 heteroatoms. The third-order valence-electron chi connectivity index (χ3n) is 4.32. The van der Waals surface area contributed by atoms with Gasteiger partial charge in [-0.3, -0.25) is 0 Å². The lowest BCUT2D eigenvalue weighted by molar-refractivity contribution is 0.0697. The zero-order valence-corrected chi connectivity index (χ0v) is 18.2. The number of carbonyl (C=O) groups is 1. The minimum absolute atomic E-state index is 0.140. The van der Waals surface area contributed by atoms with Crippen molar-refractivity contribution < 1.29 is 19.4 Å². The van der Waals surface area contributed by atoms with Crippen LogP contribution < -0.4 is 14.8 Å². The van der Waals surface area contributed by atoms with Crippen LogP contribution in [0, 0.1) is 0 Å². The predicted octanol–water partition coefficient (Wildman–Crippen LogP) is 6.54. The van der Waals surface area contributed by atoms with Crippen LogP contribution in [0.25, 0.3) is 0 Å². The molecule has 0 aromatic heterocycles. The van der Waals surface area contributed by atoms with Crippen LogP contribution in [0.15, 0.2) is 54.6 Å². The second kappa shape index (κ2) is 9.94. The van der Waals surface area contributed by atoms with Gasteiger partial charge in [0.05, 0.1) is 28.4 Å². The summed E-state index contributed by atoms with van der Waals surface area (Å²) in [6, 6.07) is 15.4. The van der Waals surface area contributed by atoms with Gasteiger partial charge in [-0.05, 0) is 42.0 Å². The normalized spacial score (nSPS) is 10.5. The van der Waals surface area contributed by atoms with E-state index < -0.39 is 5.97 Å². The van der Waals surface area contributed by atoms with E-state index in [-0.39, 0.29) is 12.2 Å². The zero-order chi connectivity index (χ0) is 21.7. The highest BCUT2D eigenvalue weighted by Crippen LogP contribution is 2.37. The van der Waals surface area contributed by atoms with E-state index in [1.54, 1.807) is 18.2 Å². The van der Waals surface area contributed by atoms with Crippen molar-refractivity contribution in [3.8, 4) is 11.5 Å². The Morgan fingerprint density at radius 2 is 1.77 bits per heavy atom. The van der Waals surface area contributed by atoms with Crippen molar-refractivity contribution in [3.05, 3.63) is 86.4 Å². The van der Waals surface area contributed by atoms with E-state index in [9.17, 15) is 4.79 Å². The standard InChI is InChI=1S/C22H18Cl3NO4/c1-29-20-9-13(11-26-19-10-14(22(27)28)6-7-17(19)24)8-18(25)21(20)30-12-15-4-2-3-5-16(15)23/h2-10,26H,11-12H2,1H3,(H,27,28). The lowest BCUT2D eigenvalue weighted by Crippen LogP contribution is -2.04. The van der Waals surface area contributed by atoms with Gasteiger partial charge in [-0.15, -0.1) is 0 Å². The van der Waals surface area contributed by atoms with Gasteiger partial charge in [-0.25, -0.2) is 4.79 Å². The Hall–Kier alpha value is -2.60. The molecule has 5 nitrogen and oxygen atoms in total. The second-order valence-electron chi connectivity index (χ2n) is 6.34. The fourth-order valence-electron chi connectivity index (χ4n) is 2.77. The molecule has 0 saturated heterocycles. The number of ether oxygens (including phenoxy) is 2. The maximum Gasteiger partial charge on any atom is 0.335 e. The molecule has 156 valence electrons. The number of methoxy groups -OCH3 is 1. The molecule has 0 aliphatic heterocycles. The molecule has 30 heavy (non-hydrogen) atoms. The van der Waals surface area contributed by atoms with E-state index in [4.69, 9.17) is 49.4 Å². The number of carboxylic acids is 1. The van der Waals surface area contributed by atoms with Gasteiger partial charge in [-0.2, -0.15) is 0 Å². The minimum Gasteiger partial charge on any atom is -0.493 e. The molecule has 3 aromatic rings. The monoisotopic (exact) mass is 465 g/mol. The smallest absolute Gasteiger partial charge is 0.335 e. The number of benzene rings is 3. The summed E-state index contributed by atoms with van der Waals surface area (Å²) in [6.07, 6.45) is 0. The van der Waals surface area contributed by atoms with Gasteiger partial charge in [0.25, 0.3) is 0 Å². The van der Waals surface area contributed by atoms with Crippen molar-refractivity contribution in [3.63, 3.8) is 0 Å². The molecule has 0 saturated carbocycles. The van der Waals surface area contributed by atoms with Crippen molar-refractivity contribution in [1.82, 2.24) is 0 Å². The number of hydrogen-bond donors (Lipinski definition) is 2. The van der Waals surface area contributed by atoms with Gasteiger partial charge in [-0.1, -0.05) is 53.0 Å². The zero-order valence-electron chi connectivity index (χ0n) is 15.9. The fourth-order valence-corrected chi connectivity index (χ4v) is 3.43. The Balaban J connectivity index is 1.76. The number of nitrogens with one attached hydrogen (secondary N) is 1. The van der Waals surface area contributed by atoms with Crippen LogP contribution in [0.2, 0.25) is 15.1 Å². The highest BCUT2D eigenvalue weighted by molar-refractivity contribution is 6.33. The van der Waals surface area contributed by atoms with Crippen LogP contribution in [0.4, 0.5) is 5.69 Å². The average Bonchev–Trinajstić information content (AvgIpc) is 2.72. The van der Waals surface area contributed by atoms with Crippen LogP contribution in [0.3, 0.4) is 0 Å². The lowest BCUT2D eigenvalue weighted by Gasteiger charge is -2.16. The van der Waals surface area contributed by atoms with E-state index >= 15 is 0 Å². The third-order valence-corrected chi connectivity index (χ3v) is 5.29. The summed E-state index contributed by atoms with van der Waals surface area (Å²) >= 11 is 18.8. The largest absolute Gasteiger partial charge is 0.493 e. The summed E-state index contributed by atoms with van der Waals surface area (Å²) in [4.78, 5) is 11.2. The molecule has 0 aliphatic carbocycles. The van der Waals surface area contributed by atoms with Crippen LogP contribution in [0.1, 0.15) is 21.5 Å².